The Bertz CT molecular complexity index is 556. The largest absolute Gasteiger partial charge is 0.310 e. The number of nitrogens with one attached hydrogen (secondary N) is 1. The van der Waals surface area contributed by atoms with Gasteiger partial charge < -0.3 is 5.32 Å². The first-order valence-corrected chi connectivity index (χ1v) is 7.46. The lowest BCUT2D eigenvalue weighted by Gasteiger charge is -2.18. The molecule has 0 heterocycles. The molecule has 100 valence electrons. The molecule has 2 unspecified atom stereocenters. The molecule has 0 amide bonds. The fraction of sp³-hybridized carbons (Fsp3) is 0.444. The van der Waals surface area contributed by atoms with Crippen molar-refractivity contribution in [2.24, 2.45) is 11.8 Å². The molecule has 1 saturated carbocycles. The Kier molecular flexibility index (Phi) is 3.56. The number of benzene rings is 2. The Morgan fingerprint density at radius 3 is 2.53 bits per heavy atom. The first kappa shape index (κ1) is 12.7. The van der Waals surface area contributed by atoms with Crippen molar-refractivity contribution in [2.75, 3.05) is 6.54 Å². The van der Waals surface area contributed by atoms with Gasteiger partial charge in [-0.25, -0.2) is 0 Å². The average molecular weight is 253 g/mol. The Balaban J connectivity index is 1.68. The molecule has 1 aliphatic carbocycles. The first-order valence-electron chi connectivity index (χ1n) is 7.46. The van der Waals surface area contributed by atoms with E-state index in [2.05, 4.69) is 61.6 Å². The number of hydrogen-bond acceptors (Lipinski definition) is 1. The summed E-state index contributed by atoms with van der Waals surface area (Å²) in [6.07, 6.45) is 2.88. The van der Waals surface area contributed by atoms with Gasteiger partial charge in [0.05, 0.1) is 0 Å². The van der Waals surface area contributed by atoms with Gasteiger partial charge in [-0.15, -0.1) is 0 Å². The Morgan fingerprint density at radius 2 is 1.79 bits per heavy atom. The molecule has 19 heavy (non-hydrogen) atoms. The van der Waals surface area contributed by atoms with E-state index in [-0.39, 0.29) is 0 Å². The van der Waals surface area contributed by atoms with Gasteiger partial charge in [0.15, 0.2) is 0 Å². The molecule has 1 heteroatoms. The van der Waals surface area contributed by atoms with Crippen molar-refractivity contribution in [1.29, 1.82) is 0 Å². The van der Waals surface area contributed by atoms with E-state index in [0.717, 1.165) is 18.4 Å². The predicted octanol–water partition coefficient (Wildman–Crippen LogP) is 4.54. The summed E-state index contributed by atoms with van der Waals surface area (Å²) in [7, 11) is 0. The minimum Gasteiger partial charge on any atom is -0.310 e. The van der Waals surface area contributed by atoms with Crippen molar-refractivity contribution < 1.29 is 0 Å². The minimum atomic E-state index is 0.436. The Morgan fingerprint density at radius 1 is 1.05 bits per heavy atom. The van der Waals surface area contributed by atoms with E-state index >= 15 is 0 Å². The SMILES string of the molecule is CC(NCC(C)C1CC1)c1ccc2ccccc2c1. The fourth-order valence-electron chi connectivity index (χ4n) is 2.79. The summed E-state index contributed by atoms with van der Waals surface area (Å²) < 4.78 is 0. The van der Waals surface area contributed by atoms with Crippen LogP contribution in [0.25, 0.3) is 10.8 Å². The second kappa shape index (κ2) is 5.34. The topological polar surface area (TPSA) is 12.0 Å². The van der Waals surface area contributed by atoms with Gasteiger partial charge in [0, 0.05) is 6.04 Å². The highest BCUT2D eigenvalue weighted by molar-refractivity contribution is 5.83. The summed E-state index contributed by atoms with van der Waals surface area (Å²) in [4.78, 5) is 0. The van der Waals surface area contributed by atoms with Crippen molar-refractivity contribution in [3.8, 4) is 0 Å². The average Bonchev–Trinajstić information content (AvgIpc) is 3.28. The van der Waals surface area contributed by atoms with Crippen LogP contribution in [0.15, 0.2) is 42.5 Å². The molecular formula is C18H23N. The van der Waals surface area contributed by atoms with Crippen molar-refractivity contribution in [1.82, 2.24) is 5.32 Å². The molecular weight excluding hydrogens is 230 g/mol. The normalized spacial score (nSPS) is 18.4. The third kappa shape index (κ3) is 2.98. The molecule has 0 bridgehead atoms. The van der Waals surface area contributed by atoms with Crippen LogP contribution in [0.5, 0.6) is 0 Å². The summed E-state index contributed by atoms with van der Waals surface area (Å²) in [5.74, 6) is 1.80. The van der Waals surface area contributed by atoms with E-state index in [4.69, 9.17) is 0 Å². The molecule has 0 spiro atoms. The number of rotatable bonds is 5. The lowest BCUT2D eigenvalue weighted by molar-refractivity contribution is 0.432. The molecule has 0 saturated heterocycles. The molecule has 0 aromatic heterocycles. The lowest BCUT2D eigenvalue weighted by Crippen LogP contribution is -2.25. The minimum absolute atomic E-state index is 0.436. The quantitative estimate of drug-likeness (QED) is 0.825. The van der Waals surface area contributed by atoms with Gasteiger partial charge in [0.2, 0.25) is 0 Å². The molecule has 3 rings (SSSR count). The van der Waals surface area contributed by atoms with Gasteiger partial charge in [-0.1, -0.05) is 43.3 Å². The van der Waals surface area contributed by atoms with Crippen molar-refractivity contribution in [3.05, 3.63) is 48.0 Å². The first-order chi connectivity index (χ1) is 9.24. The predicted molar refractivity (Wildman–Crippen MR) is 82.3 cm³/mol. The maximum absolute atomic E-state index is 3.68. The second-order valence-electron chi connectivity index (χ2n) is 6.05. The van der Waals surface area contributed by atoms with Crippen LogP contribution in [0.3, 0.4) is 0 Å². The van der Waals surface area contributed by atoms with E-state index in [1.165, 1.54) is 29.2 Å². The van der Waals surface area contributed by atoms with Gasteiger partial charge in [-0.05, 0) is 60.5 Å². The van der Waals surface area contributed by atoms with Crippen molar-refractivity contribution in [3.63, 3.8) is 0 Å². The number of fused-ring (bicyclic) bond motifs is 1. The zero-order chi connectivity index (χ0) is 13.2. The van der Waals surface area contributed by atoms with Crippen LogP contribution >= 0.6 is 0 Å². The smallest absolute Gasteiger partial charge is 0.0292 e. The summed E-state index contributed by atoms with van der Waals surface area (Å²) in [5.41, 5.74) is 1.39. The fourth-order valence-corrected chi connectivity index (χ4v) is 2.79. The molecule has 1 aliphatic rings. The van der Waals surface area contributed by atoms with Gasteiger partial charge in [0.25, 0.3) is 0 Å². The summed E-state index contributed by atoms with van der Waals surface area (Å²) in [6.45, 7) is 5.78. The zero-order valence-electron chi connectivity index (χ0n) is 11.9. The van der Waals surface area contributed by atoms with Crippen LogP contribution in [0.2, 0.25) is 0 Å². The van der Waals surface area contributed by atoms with Gasteiger partial charge in [-0.3, -0.25) is 0 Å². The van der Waals surface area contributed by atoms with Crippen molar-refractivity contribution in [2.45, 2.75) is 32.7 Å². The van der Waals surface area contributed by atoms with Crippen LogP contribution < -0.4 is 5.32 Å². The van der Waals surface area contributed by atoms with E-state index < -0.39 is 0 Å². The maximum atomic E-state index is 3.68. The van der Waals surface area contributed by atoms with E-state index in [1.807, 2.05) is 0 Å². The number of hydrogen-bond donors (Lipinski definition) is 1. The van der Waals surface area contributed by atoms with Gasteiger partial charge in [-0.2, -0.15) is 0 Å². The third-order valence-corrected chi connectivity index (χ3v) is 4.45. The van der Waals surface area contributed by atoms with Crippen molar-refractivity contribution >= 4 is 10.8 Å². The molecule has 1 fully saturated rings. The molecule has 2 atom stereocenters. The zero-order valence-corrected chi connectivity index (χ0v) is 11.9. The molecule has 0 aliphatic heterocycles. The van der Waals surface area contributed by atoms with E-state index in [1.54, 1.807) is 0 Å². The van der Waals surface area contributed by atoms with Crippen LogP contribution in [0.1, 0.15) is 38.3 Å². The highest BCUT2D eigenvalue weighted by Gasteiger charge is 2.27. The molecule has 0 radical (unpaired) electrons. The Labute approximate surface area is 116 Å². The van der Waals surface area contributed by atoms with E-state index in [9.17, 15) is 0 Å². The van der Waals surface area contributed by atoms with Gasteiger partial charge >= 0.3 is 0 Å². The van der Waals surface area contributed by atoms with Crippen LogP contribution in [0, 0.1) is 11.8 Å². The van der Waals surface area contributed by atoms with Gasteiger partial charge in [0.1, 0.15) is 0 Å². The summed E-state index contributed by atoms with van der Waals surface area (Å²) >= 11 is 0. The highest BCUT2D eigenvalue weighted by Crippen LogP contribution is 2.36. The van der Waals surface area contributed by atoms with Crippen LogP contribution in [-0.4, -0.2) is 6.54 Å². The summed E-state index contributed by atoms with van der Waals surface area (Å²) in [5, 5.41) is 6.35. The maximum Gasteiger partial charge on any atom is 0.0292 e. The van der Waals surface area contributed by atoms with Crippen LogP contribution in [0.4, 0.5) is 0 Å². The summed E-state index contributed by atoms with van der Waals surface area (Å²) in [6, 6.07) is 15.8. The molecule has 2 aromatic carbocycles. The highest BCUT2D eigenvalue weighted by atomic mass is 14.9. The van der Waals surface area contributed by atoms with E-state index in [0.29, 0.717) is 6.04 Å². The third-order valence-electron chi connectivity index (χ3n) is 4.45. The molecule has 1 nitrogen and oxygen atoms in total. The Hall–Kier alpha value is -1.34. The van der Waals surface area contributed by atoms with Crippen LogP contribution in [-0.2, 0) is 0 Å². The standard InChI is InChI=1S/C18H23N/c1-13(15-7-8-15)12-19-14(2)17-10-9-16-5-3-4-6-18(16)11-17/h3-6,9-11,13-15,19H,7-8,12H2,1-2H3. The molecule has 2 aromatic rings. The lowest BCUT2D eigenvalue weighted by atomic mass is 10.0. The molecule has 1 N–H and O–H groups in total. The second-order valence-corrected chi connectivity index (χ2v) is 6.05. The monoisotopic (exact) mass is 253 g/mol.